The van der Waals surface area contributed by atoms with Gasteiger partial charge in [0.1, 0.15) is 18.2 Å². The monoisotopic (exact) mass is 761 g/mol. The lowest BCUT2D eigenvalue weighted by Gasteiger charge is -2.27. The molecule has 0 aliphatic carbocycles. The van der Waals surface area contributed by atoms with E-state index in [1.54, 1.807) is 62.2 Å². The minimum atomic E-state index is -1.15. The Labute approximate surface area is 328 Å². The van der Waals surface area contributed by atoms with E-state index < -0.39 is 35.7 Å². The van der Waals surface area contributed by atoms with Crippen LogP contribution in [0.15, 0.2) is 121 Å². The van der Waals surface area contributed by atoms with E-state index in [1.165, 1.54) is 16.3 Å². The first-order valence-corrected chi connectivity index (χ1v) is 18.5. The van der Waals surface area contributed by atoms with Crippen molar-refractivity contribution in [3.63, 3.8) is 0 Å². The van der Waals surface area contributed by atoms with Crippen molar-refractivity contribution in [3.05, 3.63) is 149 Å². The number of hydrogen-bond acceptors (Lipinski definition) is 8. The molecule has 0 fully saturated rings. The van der Waals surface area contributed by atoms with E-state index in [2.05, 4.69) is 39.9 Å². The molecular weight excluding hydrogens is 711 g/mol. The highest BCUT2D eigenvalue weighted by molar-refractivity contribution is 5.96. The number of unbranched alkanes of at least 4 members (excludes halogenated alkanes) is 1. The molecule has 0 radical (unpaired) electrons. The Hall–Kier alpha value is -6.27. The first-order chi connectivity index (χ1) is 26.9. The standard InChI is InChI=1S/C33H40N4O7.C11H11N/c1-33(2,3)44-32(42)37(22-27-13-7-9-19-34-27)20-10-8-14-28(30(39)40)36-29(38)26-17-15-24(16-18-26)21-35-31(41)43-23-25-11-5-4-6-12-25;12-8-10-6-3-5-9-4-1-2-7-11(9)10/h4-7,9,11-13,15-19,28H,8,10,14,20-23H2,1-3H3,(H,35,41)(H,36,38)(H,39,40);1-7H,8,12H2/t28-;/m0./s1. The third-order valence-corrected chi connectivity index (χ3v) is 8.47. The number of hydrogen-bond donors (Lipinski definition) is 4. The minimum absolute atomic E-state index is 0.156. The third kappa shape index (κ3) is 14.5. The lowest BCUT2D eigenvalue weighted by atomic mass is 10.1. The number of ether oxygens (including phenoxy) is 2. The fourth-order valence-electron chi connectivity index (χ4n) is 5.59. The van der Waals surface area contributed by atoms with Crippen LogP contribution in [-0.4, -0.2) is 57.2 Å². The van der Waals surface area contributed by atoms with Crippen LogP contribution in [0.2, 0.25) is 0 Å². The van der Waals surface area contributed by atoms with Crippen molar-refractivity contribution in [2.45, 2.75) is 77.9 Å². The molecule has 1 aromatic heterocycles. The molecule has 0 bridgehead atoms. The largest absolute Gasteiger partial charge is 0.480 e. The Morgan fingerprint density at radius 1 is 0.821 bits per heavy atom. The van der Waals surface area contributed by atoms with Crippen LogP contribution >= 0.6 is 0 Å². The number of nitrogens with zero attached hydrogens (tertiary/aromatic N) is 2. The molecule has 5 N–H and O–H groups in total. The van der Waals surface area contributed by atoms with Gasteiger partial charge in [0.25, 0.3) is 5.91 Å². The van der Waals surface area contributed by atoms with Gasteiger partial charge in [0.05, 0.1) is 12.2 Å². The van der Waals surface area contributed by atoms with Gasteiger partial charge in [-0.3, -0.25) is 9.78 Å². The summed E-state index contributed by atoms with van der Waals surface area (Å²) in [6.07, 6.45) is 1.74. The molecule has 5 aromatic rings. The van der Waals surface area contributed by atoms with E-state index in [0.29, 0.717) is 31.6 Å². The van der Waals surface area contributed by atoms with E-state index in [1.807, 2.05) is 60.7 Å². The summed E-state index contributed by atoms with van der Waals surface area (Å²) in [7, 11) is 0. The summed E-state index contributed by atoms with van der Waals surface area (Å²) in [5.74, 6) is -1.67. The van der Waals surface area contributed by atoms with Crippen LogP contribution in [0.4, 0.5) is 9.59 Å². The number of rotatable bonds is 15. The molecule has 0 aliphatic heterocycles. The number of nitrogens with one attached hydrogen (secondary N) is 2. The van der Waals surface area contributed by atoms with Crippen LogP contribution in [0.25, 0.3) is 10.8 Å². The maximum atomic E-state index is 12.8. The molecule has 5 rings (SSSR count). The van der Waals surface area contributed by atoms with Gasteiger partial charge in [0.15, 0.2) is 0 Å². The van der Waals surface area contributed by atoms with Gasteiger partial charge >= 0.3 is 18.2 Å². The second-order valence-corrected chi connectivity index (χ2v) is 14.0. The number of fused-ring (bicyclic) bond motifs is 1. The van der Waals surface area contributed by atoms with Crippen LogP contribution in [-0.2, 0) is 40.5 Å². The van der Waals surface area contributed by atoms with Crippen molar-refractivity contribution in [2.24, 2.45) is 5.73 Å². The highest BCUT2D eigenvalue weighted by Crippen LogP contribution is 2.18. The van der Waals surface area contributed by atoms with E-state index in [9.17, 15) is 24.3 Å². The average molecular weight is 762 g/mol. The summed E-state index contributed by atoms with van der Waals surface area (Å²) in [5.41, 5.74) is 8.78. The highest BCUT2D eigenvalue weighted by Gasteiger charge is 2.24. The van der Waals surface area contributed by atoms with E-state index in [0.717, 1.165) is 11.1 Å². The van der Waals surface area contributed by atoms with Gasteiger partial charge in [-0.25, -0.2) is 14.4 Å². The number of benzene rings is 4. The summed E-state index contributed by atoms with van der Waals surface area (Å²) < 4.78 is 10.7. The zero-order valence-corrected chi connectivity index (χ0v) is 32.1. The van der Waals surface area contributed by atoms with Gasteiger partial charge in [0.2, 0.25) is 0 Å². The predicted molar refractivity (Wildman–Crippen MR) is 215 cm³/mol. The van der Waals surface area contributed by atoms with Crippen molar-refractivity contribution in [3.8, 4) is 0 Å². The van der Waals surface area contributed by atoms with E-state index in [-0.39, 0.29) is 31.7 Å². The summed E-state index contributed by atoms with van der Waals surface area (Å²) in [6, 6.07) is 34.7. The maximum Gasteiger partial charge on any atom is 0.410 e. The zero-order valence-electron chi connectivity index (χ0n) is 32.1. The second-order valence-electron chi connectivity index (χ2n) is 14.0. The van der Waals surface area contributed by atoms with Gasteiger partial charge in [-0.05, 0) is 91.8 Å². The Balaban J connectivity index is 0.000000487. The molecule has 0 aliphatic rings. The Bertz CT molecular complexity index is 2000. The van der Waals surface area contributed by atoms with Crippen LogP contribution < -0.4 is 16.4 Å². The fourth-order valence-corrected chi connectivity index (χ4v) is 5.59. The molecule has 0 unspecified atom stereocenters. The Morgan fingerprint density at radius 3 is 2.20 bits per heavy atom. The predicted octanol–water partition coefficient (Wildman–Crippen LogP) is 7.60. The molecule has 4 aromatic carbocycles. The minimum Gasteiger partial charge on any atom is -0.480 e. The van der Waals surface area contributed by atoms with Gasteiger partial charge < -0.3 is 35.8 Å². The molecule has 0 saturated carbocycles. The van der Waals surface area contributed by atoms with Crippen LogP contribution in [0.3, 0.4) is 0 Å². The van der Waals surface area contributed by atoms with E-state index >= 15 is 0 Å². The molecule has 0 spiro atoms. The number of alkyl carbamates (subject to hydrolysis) is 1. The Morgan fingerprint density at radius 2 is 1.52 bits per heavy atom. The summed E-state index contributed by atoms with van der Waals surface area (Å²) >= 11 is 0. The maximum absolute atomic E-state index is 12.8. The van der Waals surface area contributed by atoms with Crippen LogP contribution in [0, 0.1) is 0 Å². The highest BCUT2D eigenvalue weighted by atomic mass is 16.6. The molecule has 56 heavy (non-hydrogen) atoms. The van der Waals surface area contributed by atoms with Crippen molar-refractivity contribution >= 4 is 34.8 Å². The number of amides is 3. The number of carbonyl (C=O) groups excluding carboxylic acids is 3. The van der Waals surface area contributed by atoms with Crippen molar-refractivity contribution in [1.29, 1.82) is 0 Å². The van der Waals surface area contributed by atoms with E-state index in [4.69, 9.17) is 15.2 Å². The summed E-state index contributed by atoms with van der Waals surface area (Å²) in [4.78, 5) is 55.3. The fraction of sp³-hybridized carbons (Fsp3) is 0.295. The van der Waals surface area contributed by atoms with Crippen LogP contribution in [0.5, 0.6) is 0 Å². The number of nitrogens with two attached hydrogens (primary N) is 1. The molecule has 1 atom stereocenters. The number of aromatic nitrogens is 1. The van der Waals surface area contributed by atoms with Gasteiger partial charge in [-0.2, -0.15) is 0 Å². The number of carbonyl (C=O) groups is 4. The topological polar surface area (TPSA) is 173 Å². The summed E-state index contributed by atoms with van der Waals surface area (Å²) in [6.45, 7) is 6.94. The molecule has 1 heterocycles. The van der Waals surface area contributed by atoms with Crippen LogP contribution in [0.1, 0.15) is 72.8 Å². The lowest BCUT2D eigenvalue weighted by Crippen LogP contribution is -2.41. The molecular formula is C44H51N5O7. The first-order valence-electron chi connectivity index (χ1n) is 18.5. The lowest BCUT2D eigenvalue weighted by molar-refractivity contribution is -0.139. The zero-order chi connectivity index (χ0) is 40.3. The normalized spacial score (nSPS) is 11.4. The van der Waals surface area contributed by atoms with Gasteiger partial charge in [-0.15, -0.1) is 0 Å². The van der Waals surface area contributed by atoms with Crippen molar-refractivity contribution in [1.82, 2.24) is 20.5 Å². The number of pyridine rings is 1. The Kier molecular flexibility index (Phi) is 16.4. The number of aliphatic carboxylic acids is 1. The van der Waals surface area contributed by atoms with Gasteiger partial charge in [-0.1, -0.05) is 91.0 Å². The molecule has 0 saturated heterocycles. The smallest absolute Gasteiger partial charge is 0.410 e. The van der Waals surface area contributed by atoms with Crippen molar-refractivity contribution < 1.29 is 33.8 Å². The first kappa shape index (κ1) is 42.5. The third-order valence-electron chi connectivity index (χ3n) is 8.47. The number of carboxylic acids is 1. The molecule has 12 heteroatoms. The van der Waals surface area contributed by atoms with Gasteiger partial charge in [0, 0.05) is 31.4 Å². The SMILES string of the molecule is CC(C)(C)OC(=O)N(CCCC[C@H](NC(=O)c1ccc(CNC(=O)OCc2ccccc2)cc1)C(=O)O)Cc1ccccn1.NCc1cccc2ccccc12. The summed E-state index contributed by atoms with van der Waals surface area (Å²) in [5, 5.41) is 17.5. The second kappa shape index (κ2) is 21.6. The van der Waals surface area contributed by atoms with Crippen molar-refractivity contribution in [2.75, 3.05) is 6.54 Å². The molecule has 12 nitrogen and oxygen atoms in total. The molecule has 3 amide bonds. The average Bonchev–Trinajstić information content (AvgIpc) is 3.20. The number of carboxylic acid groups (broad SMARTS) is 1. The quantitative estimate of drug-likeness (QED) is 0.0784. The molecule has 294 valence electrons.